The number of ether oxygens (including phenoxy) is 11. The zero-order chi connectivity index (χ0) is 35.4. The number of hydrogen-bond donors (Lipinski definition) is 10. The molecule has 20 atom stereocenters. The highest BCUT2D eigenvalue weighted by Gasteiger charge is 2.56. The van der Waals surface area contributed by atoms with E-state index in [1.807, 2.05) is 0 Å². The quantitative estimate of drug-likeness (QED) is 0.0846. The molecule has 21 nitrogen and oxygen atoms in total. The molecule has 0 amide bonds. The van der Waals surface area contributed by atoms with Crippen molar-refractivity contribution in [2.45, 2.75) is 143 Å². The average molecular weight is 719 g/mol. The fourth-order valence-corrected chi connectivity index (χ4v) is 6.54. The van der Waals surface area contributed by atoms with Crippen LogP contribution in [0.2, 0.25) is 0 Å². The van der Waals surface area contributed by atoms with Crippen molar-refractivity contribution in [2.75, 3.05) is 33.0 Å². The molecule has 6 saturated heterocycles. The summed E-state index contributed by atoms with van der Waals surface area (Å²) in [6.07, 6.45) is -26.1. The van der Waals surface area contributed by atoms with Gasteiger partial charge in [0, 0.05) is 0 Å². The van der Waals surface area contributed by atoms with E-state index in [-0.39, 0.29) is 6.61 Å². The van der Waals surface area contributed by atoms with Gasteiger partial charge in [-0.2, -0.15) is 0 Å². The van der Waals surface area contributed by atoms with Gasteiger partial charge >= 0.3 is 0 Å². The van der Waals surface area contributed by atoms with Gasteiger partial charge in [-0.3, -0.25) is 0 Å². The van der Waals surface area contributed by atoms with Crippen LogP contribution >= 0.6 is 0 Å². The van der Waals surface area contributed by atoms with E-state index in [1.165, 1.54) is 0 Å². The Morgan fingerprint density at radius 1 is 0.469 bits per heavy atom. The summed E-state index contributed by atoms with van der Waals surface area (Å²) in [6, 6.07) is 0. The van der Waals surface area contributed by atoms with Crippen LogP contribution in [0.4, 0.5) is 0 Å². The van der Waals surface area contributed by atoms with E-state index in [9.17, 15) is 51.1 Å². The topological polar surface area (TPSA) is 304 Å². The SMILES string of the molecule is CC1(C)O[C@@H]2O[C@H](CO[C@H]3O[C@H](CO[C@H]4O[C@H](CO[C@H]5O[C@H](CO)[C@@H](O)[C@@H]5O)[C@@H](O[C@H]5O[C@H](CO)[C@@H](O)[C@@H]5O)[C@@H]4O)[C@@H](O)[C@@H]3O)[C@@H](O)[C@@H]2O1. The van der Waals surface area contributed by atoms with Crippen molar-refractivity contribution in [3.8, 4) is 0 Å². The fourth-order valence-electron chi connectivity index (χ4n) is 6.54. The summed E-state index contributed by atoms with van der Waals surface area (Å²) in [4.78, 5) is 0. The minimum absolute atomic E-state index is 0.245. The van der Waals surface area contributed by atoms with Gasteiger partial charge in [0.05, 0.1) is 33.0 Å². The van der Waals surface area contributed by atoms with Gasteiger partial charge in [0.15, 0.2) is 37.2 Å². The molecule has 49 heavy (non-hydrogen) atoms. The summed E-state index contributed by atoms with van der Waals surface area (Å²) in [5, 5.41) is 102. The molecule has 6 aliphatic heterocycles. The first-order valence-corrected chi connectivity index (χ1v) is 16.0. The van der Waals surface area contributed by atoms with E-state index in [0.717, 1.165) is 0 Å². The number of aliphatic hydroxyl groups is 10. The summed E-state index contributed by atoms with van der Waals surface area (Å²) in [5.74, 6) is -0.933. The maximum Gasteiger partial charge on any atom is 0.190 e. The highest BCUT2D eigenvalue weighted by molar-refractivity contribution is 4.96. The number of aliphatic hydroxyl groups excluding tert-OH is 10. The molecule has 0 radical (unpaired) electrons. The van der Waals surface area contributed by atoms with Crippen molar-refractivity contribution in [2.24, 2.45) is 0 Å². The molecule has 0 unspecified atom stereocenters. The molecule has 6 rings (SSSR count). The van der Waals surface area contributed by atoms with Gasteiger partial charge in [0.2, 0.25) is 0 Å². The highest BCUT2D eigenvalue weighted by Crippen LogP contribution is 2.38. The monoisotopic (exact) mass is 718 g/mol. The molecule has 6 heterocycles. The van der Waals surface area contributed by atoms with Crippen LogP contribution in [0, 0.1) is 0 Å². The third-order valence-corrected chi connectivity index (χ3v) is 9.29. The van der Waals surface area contributed by atoms with E-state index in [1.54, 1.807) is 13.8 Å². The summed E-state index contributed by atoms with van der Waals surface area (Å²) >= 11 is 0. The third kappa shape index (κ3) is 7.65. The predicted octanol–water partition coefficient (Wildman–Crippen LogP) is -6.93. The van der Waals surface area contributed by atoms with E-state index < -0.39 is 155 Å². The molecule has 0 saturated carbocycles. The molecule has 0 aromatic heterocycles. The number of rotatable bonds is 13. The van der Waals surface area contributed by atoms with Crippen molar-refractivity contribution in [1.82, 2.24) is 0 Å². The molecule has 0 bridgehead atoms. The zero-order valence-electron chi connectivity index (χ0n) is 26.5. The minimum Gasteiger partial charge on any atom is -0.394 e. The van der Waals surface area contributed by atoms with Crippen molar-refractivity contribution < 1.29 is 103 Å². The first kappa shape index (κ1) is 37.9. The van der Waals surface area contributed by atoms with Gasteiger partial charge < -0.3 is 103 Å². The molecular formula is C28H46O21. The normalized spacial score (nSPS) is 52.4. The largest absolute Gasteiger partial charge is 0.394 e. The van der Waals surface area contributed by atoms with Crippen LogP contribution in [0.25, 0.3) is 0 Å². The van der Waals surface area contributed by atoms with Crippen LogP contribution in [0.5, 0.6) is 0 Å². The summed E-state index contributed by atoms with van der Waals surface area (Å²) in [5.41, 5.74) is 0. The predicted molar refractivity (Wildman–Crippen MR) is 148 cm³/mol. The van der Waals surface area contributed by atoms with Gasteiger partial charge in [0.1, 0.15) is 91.6 Å². The fraction of sp³-hybridized carbons (Fsp3) is 1.00. The smallest absolute Gasteiger partial charge is 0.190 e. The van der Waals surface area contributed by atoms with Crippen molar-refractivity contribution in [3.63, 3.8) is 0 Å². The van der Waals surface area contributed by atoms with Crippen molar-refractivity contribution >= 4 is 0 Å². The molecule has 0 aliphatic carbocycles. The Balaban J connectivity index is 1.04. The molecule has 21 heteroatoms. The van der Waals surface area contributed by atoms with Crippen LogP contribution in [0.15, 0.2) is 0 Å². The Morgan fingerprint density at radius 3 is 1.43 bits per heavy atom. The molecule has 10 N–H and O–H groups in total. The van der Waals surface area contributed by atoms with E-state index in [2.05, 4.69) is 0 Å². The Morgan fingerprint density at radius 2 is 0.898 bits per heavy atom. The zero-order valence-corrected chi connectivity index (χ0v) is 26.5. The Hall–Kier alpha value is -0.840. The molecule has 0 aromatic carbocycles. The van der Waals surface area contributed by atoms with E-state index in [0.29, 0.717) is 0 Å². The van der Waals surface area contributed by atoms with Crippen LogP contribution < -0.4 is 0 Å². The summed E-state index contributed by atoms with van der Waals surface area (Å²) < 4.78 is 61.6. The maximum atomic E-state index is 11.1. The highest BCUT2D eigenvalue weighted by atomic mass is 16.8. The summed E-state index contributed by atoms with van der Waals surface area (Å²) in [7, 11) is 0. The van der Waals surface area contributed by atoms with Crippen LogP contribution in [-0.2, 0) is 52.1 Å². The summed E-state index contributed by atoms with van der Waals surface area (Å²) in [6.45, 7) is 0.974. The second kappa shape index (κ2) is 15.3. The van der Waals surface area contributed by atoms with Crippen LogP contribution in [0.3, 0.4) is 0 Å². The van der Waals surface area contributed by atoms with Gasteiger partial charge in [-0.05, 0) is 13.8 Å². The van der Waals surface area contributed by atoms with Crippen molar-refractivity contribution in [3.05, 3.63) is 0 Å². The molecule has 0 aromatic rings. The number of hydrogen-bond acceptors (Lipinski definition) is 21. The van der Waals surface area contributed by atoms with E-state index in [4.69, 9.17) is 52.1 Å². The lowest BCUT2D eigenvalue weighted by Crippen LogP contribution is -2.44. The van der Waals surface area contributed by atoms with Crippen LogP contribution in [0.1, 0.15) is 13.8 Å². The van der Waals surface area contributed by atoms with Crippen molar-refractivity contribution in [1.29, 1.82) is 0 Å². The second-order valence-electron chi connectivity index (χ2n) is 13.2. The lowest BCUT2D eigenvalue weighted by molar-refractivity contribution is -0.238. The second-order valence-corrected chi connectivity index (χ2v) is 13.2. The standard InChI is InChI=1S/C28H46O21/c1-28(2)48-22-16(34)11(45-27(22)49-28)6-39-24-18(36)15(33)10(44-24)5-40-25-20(38)21(47-26-19(37)14(32)9(4-30)43-26)12(46-25)7-41-23-17(35)13(31)8(3-29)42-23/h8-27,29-38H,3-7H2,1-2H3/t8-,9-,10-,11-,12-,13-,14-,15-,16-,17+,18+,19+,20+,21-,22+,23+,24+,25+,26-,27+/m1/s1. The van der Waals surface area contributed by atoms with E-state index >= 15 is 0 Å². The lowest BCUT2D eigenvalue weighted by atomic mass is 10.1. The lowest BCUT2D eigenvalue weighted by Gasteiger charge is -2.26. The first-order chi connectivity index (χ1) is 23.2. The Kier molecular flexibility index (Phi) is 11.8. The molecule has 0 spiro atoms. The molecule has 6 aliphatic rings. The Bertz CT molecular complexity index is 1090. The minimum atomic E-state index is -1.62. The van der Waals surface area contributed by atoms with Gasteiger partial charge in [-0.25, -0.2) is 0 Å². The van der Waals surface area contributed by atoms with Gasteiger partial charge in [-0.15, -0.1) is 0 Å². The Labute approximate surface area is 279 Å². The third-order valence-electron chi connectivity index (χ3n) is 9.29. The maximum absolute atomic E-state index is 11.1. The molecule has 6 fully saturated rings. The first-order valence-electron chi connectivity index (χ1n) is 16.0. The number of fused-ring (bicyclic) bond motifs is 1. The van der Waals surface area contributed by atoms with Crippen LogP contribution in [-0.4, -0.2) is 213 Å². The average Bonchev–Trinajstić information content (AvgIpc) is 3.85. The molecular weight excluding hydrogens is 672 g/mol. The molecule has 284 valence electrons. The van der Waals surface area contributed by atoms with Gasteiger partial charge in [0.25, 0.3) is 0 Å². The van der Waals surface area contributed by atoms with Gasteiger partial charge in [-0.1, -0.05) is 0 Å².